The van der Waals surface area contributed by atoms with Crippen molar-refractivity contribution in [3.05, 3.63) is 29.8 Å². The molecule has 6 heteroatoms. The average molecular weight is 196 g/mol. The second-order valence-electron chi connectivity index (χ2n) is 2.42. The number of hydrogen-bond donors (Lipinski definition) is 0. The molecule has 5 nitrogen and oxygen atoms in total. The number of nitrogens with zero attached hydrogens (tertiary/aromatic N) is 5. The van der Waals surface area contributed by atoms with Gasteiger partial charge in [-0.2, -0.15) is 9.97 Å². The summed E-state index contributed by atoms with van der Waals surface area (Å²) in [6, 6.07) is 0. The predicted molar refractivity (Wildman–Crippen MR) is 46.7 cm³/mol. The molecule has 13 heavy (non-hydrogen) atoms. The highest BCUT2D eigenvalue weighted by Gasteiger charge is 2.02. The first-order chi connectivity index (χ1) is 6.25. The third kappa shape index (κ3) is 1.65. The molecular formula is C7H6ClN5. The van der Waals surface area contributed by atoms with Crippen molar-refractivity contribution in [2.75, 3.05) is 0 Å². The van der Waals surface area contributed by atoms with Crippen LogP contribution in [0.25, 0.3) is 5.95 Å². The first kappa shape index (κ1) is 8.12. The van der Waals surface area contributed by atoms with Gasteiger partial charge in [0.2, 0.25) is 11.2 Å². The lowest BCUT2D eigenvalue weighted by Crippen LogP contribution is -2.02. The summed E-state index contributed by atoms with van der Waals surface area (Å²) in [6.45, 7) is 1.76. The maximum absolute atomic E-state index is 5.67. The van der Waals surface area contributed by atoms with Crippen LogP contribution < -0.4 is 0 Å². The molecule has 2 rings (SSSR count). The molecule has 0 fully saturated rings. The topological polar surface area (TPSA) is 56.5 Å². The molecule has 0 unspecified atom stereocenters. The van der Waals surface area contributed by atoms with Crippen LogP contribution in [0.3, 0.4) is 0 Å². The highest BCUT2D eigenvalue weighted by atomic mass is 35.5. The molecule has 0 amide bonds. The predicted octanol–water partition coefficient (Wildman–Crippen LogP) is 1.02. The molecule has 0 saturated carbocycles. The minimum atomic E-state index is 0.191. The Hall–Kier alpha value is -1.49. The van der Waals surface area contributed by atoms with Gasteiger partial charge in [0.25, 0.3) is 0 Å². The summed E-state index contributed by atoms with van der Waals surface area (Å²) in [5.74, 6) is 1.07. The second-order valence-corrected chi connectivity index (χ2v) is 2.76. The van der Waals surface area contributed by atoms with Gasteiger partial charge < -0.3 is 0 Å². The van der Waals surface area contributed by atoms with Gasteiger partial charge in [-0.05, 0) is 18.5 Å². The summed E-state index contributed by atoms with van der Waals surface area (Å²) in [7, 11) is 0. The van der Waals surface area contributed by atoms with Crippen molar-refractivity contribution in [3.8, 4) is 5.95 Å². The molecule has 0 atom stereocenters. The maximum Gasteiger partial charge on any atom is 0.239 e. The zero-order chi connectivity index (χ0) is 9.26. The van der Waals surface area contributed by atoms with Crippen LogP contribution >= 0.6 is 11.6 Å². The van der Waals surface area contributed by atoms with E-state index >= 15 is 0 Å². The minimum absolute atomic E-state index is 0.191. The van der Waals surface area contributed by atoms with Crippen molar-refractivity contribution in [1.82, 2.24) is 24.5 Å². The summed E-state index contributed by atoms with van der Waals surface area (Å²) in [5, 5.41) is 0.191. The first-order valence-corrected chi connectivity index (χ1v) is 4.00. The fourth-order valence-corrected chi connectivity index (χ4v) is 1.13. The zero-order valence-electron chi connectivity index (χ0n) is 6.85. The molecule has 0 aromatic carbocycles. The quantitative estimate of drug-likeness (QED) is 0.682. The molecule has 0 spiro atoms. The van der Waals surface area contributed by atoms with Gasteiger partial charge in [-0.1, -0.05) is 0 Å². The highest BCUT2D eigenvalue weighted by Crippen LogP contribution is 2.04. The molecular weight excluding hydrogens is 190 g/mol. The number of rotatable bonds is 1. The van der Waals surface area contributed by atoms with Gasteiger partial charge in [0, 0.05) is 12.4 Å². The summed E-state index contributed by atoms with van der Waals surface area (Å²) >= 11 is 5.67. The van der Waals surface area contributed by atoms with Gasteiger partial charge in [-0.3, -0.25) is 4.57 Å². The molecule has 2 aromatic heterocycles. The monoisotopic (exact) mass is 195 g/mol. The van der Waals surface area contributed by atoms with E-state index in [0.29, 0.717) is 11.8 Å². The van der Waals surface area contributed by atoms with Crippen LogP contribution in [0.5, 0.6) is 0 Å². The Kier molecular flexibility index (Phi) is 1.94. The Morgan fingerprint density at radius 3 is 2.77 bits per heavy atom. The SMILES string of the molecule is Cc1nc(Cl)nc(-n2ccnc2)n1. The lowest BCUT2D eigenvalue weighted by molar-refractivity contribution is 0.865. The van der Waals surface area contributed by atoms with Crippen molar-refractivity contribution in [1.29, 1.82) is 0 Å². The molecule has 0 radical (unpaired) electrons. The maximum atomic E-state index is 5.67. The van der Waals surface area contributed by atoms with Crippen LogP contribution in [0.2, 0.25) is 5.28 Å². The molecule has 0 aliphatic heterocycles. The Labute approximate surface area is 79.5 Å². The number of aromatic nitrogens is 5. The van der Waals surface area contributed by atoms with Crippen molar-refractivity contribution in [3.63, 3.8) is 0 Å². The van der Waals surface area contributed by atoms with Gasteiger partial charge in [0.1, 0.15) is 12.2 Å². The standard InChI is InChI=1S/C7H6ClN5/c1-5-10-6(8)12-7(11-5)13-3-2-9-4-13/h2-4H,1H3. The van der Waals surface area contributed by atoms with Crippen LogP contribution in [-0.2, 0) is 0 Å². The second kappa shape index (κ2) is 3.10. The lowest BCUT2D eigenvalue weighted by Gasteiger charge is -2.00. The molecule has 0 aliphatic rings. The van der Waals surface area contributed by atoms with E-state index in [1.165, 1.54) is 0 Å². The molecule has 0 saturated heterocycles. The van der Waals surface area contributed by atoms with Crippen molar-refractivity contribution < 1.29 is 0 Å². The third-order valence-electron chi connectivity index (χ3n) is 1.44. The Bertz CT molecular complexity index is 391. The number of imidazole rings is 1. The fourth-order valence-electron chi connectivity index (χ4n) is 0.929. The molecule has 0 N–H and O–H groups in total. The van der Waals surface area contributed by atoms with Gasteiger partial charge in [0.15, 0.2) is 0 Å². The first-order valence-electron chi connectivity index (χ1n) is 3.62. The molecule has 0 aliphatic carbocycles. The summed E-state index contributed by atoms with van der Waals surface area (Å²) in [4.78, 5) is 15.8. The van der Waals surface area contributed by atoms with Crippen molar-refractivity contribution in [2.45, 2.75) is 6.92 Å². The van der Waals surface area contributed by atoms with Gasteiger partial charge in [-0.25, -0.2) is 9.97 Å². The largest absolute Gasteiger partial charge is 0.274 e. The Morgan fingerprint density at radius 1 is 1.31 bits per heavy atom. The van der Waals surface area contributed by atoms with E-state index in [1.54, 1.807) is 30.2 Å². The summed E-state index contributed by atoms with van der Waals surface area (Å²) < 4.78 is 1.67. The molecule has 2 heterocycles. The van der Waals surface area contributed by atoms with Crippen molar-refractivity contribution >= 4 is 11.6 Å². The van der Waals surface area contributed by atoms with Crippen LogP contribution in [0, 0.1) is 6.92 Å². The van der Waals surface area contributed by atoms with E-state index in [2.05, 4.69) is 19.9 Å². The van der Waals surface area contributed by atoms with E-state index < -0.39 is 0 Å². The van der Waals surface area contributed by atoms with Gasteiger partial charge >= 0.3 is 0 Å². The third-order valence-corrected chi connectivity index (χ3v) is 1.61. The number of halogens is 1. The minimum Gasteiger partial charge on any atom is -0.274 e. The number of aryl methyl sites for hydroxylation is 1. The highest BCUT2D eigenvalue weighted by molar-refractivity contribution is 6.28. The van der Waals surface area contributed by atoms with Crippen LogP contribution in [0.4, 0.5) is 0 Å². The van der Waals surface area contributed by atoms with E-state index in [0.717, 1.165) is 0 Å². The Balaban J connectivity index is 2.53. The van der Waals surface area contributed by atoms with Crippen LogP contribution in [-0.4, -0.2) is 24.5 Å². The lowest BCUT2D eigenvalue weighted by atomic mass is 10.7. The fraction of sp³-hybridized carbons (Fsp3) is 0.143. The summed E-state index contributed by atoms with van der Waals surface area (Å²) in [5.41, 5.74) is 0. The van der Waals surface area contributed by atoms with E-state index in [4.69, 9.17) is 11.6 Å². The normalized spacial score (nSPS) is 10.3. The molecule has 2 aromatic rings. The smallest absolute Gasteiger partial charge is 0.239 e. The van der Waals surface area contributed by atoms with E-state index in [1.807, 2.05) is 0 Å². The van der Waals surface area contributed by atoms with Crippen LogP contribution in [0.15, 0.2) is 18.7 Å². The van der Waals surface area contributed by atoms with E-state index in [-0.39, 0.29) is 5.28 Å². The zero-order valence-corrected chi connectivity index (χ0v) is 7.60. The average Bonchev–Trinajstić information content (AvgIpc) is 2.53. The number of hydrogen-bond acceptors (Lipinski definition) is 4. The van der Waals surface area contributed by atoms with Gasteiger partial charge in [0.05, 0.1) is 0 Å². The summed E-state index contributed by atoms with van der Waals surface area (Å²) in [6.07, 6.45) is 4.99. The van der Waals surface area contributed by atoms with Crippen molar-refractivity contribution in [2.24, 2.45) is 0 Å². The molecule has 0 bridgehead atoms. The molecule has 66 valence electrons. The van der Waals surface area contributed by atoms with E-state index in [9.17, 15) is 0 Å². The van der Waals surface area contributed by atoms with Gasteiger partial charge in [-0.15, -0.1) is 0 Å². The Morgan fingerprint density at radius 2 is 2.15 bits per heavy atom. The van der Waals surface area contributed by atoms with Crippen LogP contribution in [0.1, 0.15) is 5.82 Å².